The molecule has 0 saturated carbocycles. The van der Waals surface area contributed by atoms with E-state index in [0.717, 1.165) is 5.56 Å². The van der Waals surface area contributed by atoms with Crippen LogP contribution in [0.25, 0.3) is 0 Å². The van der Waals surface area contributed by atoms with Gasteiger partial charge in [-0.1, -0.05) is 29.3 Å². The van der Waals surface area contributed by atoms with Gasteiger partial charge in [0.25, 0.3) is 10.0 Å². The van der Waals surface area contributed by atoms with Crippen molar-refractivity contribution in [1.82, 2.24) is 0 Å². The molecule has 106 valence electrons. The molecule has 4 nitrogen and oxygen atoms in total. The summed E-state index contributed by atoms with van der Waals surface area (Å²) < 4.78 is 27.3. The molecule has 0 atom stereocenters. The van der Waals surface area contributed by atoms with Gasteiger partial charge in [-0.3, -0.25) is 4.72 Å². The minimum absolute atomic E-state index is 0.0862. The Hall–Kier alpha value is -1.72. The Morgan fingerprint density at radius 2 is 1.70 bits per heavy atom. The third-order valence-corrected chi connectivity index (χ3v) is 4.68. The second kappa shape index (κ2) is 5.34. The molecule has 0 heterocycles. The van der Waals surface area contributed by atoms with Crippen molar-refractivity contribution in [3.05, 3.63) is 52.5 Å². The molecule has 0 bridgehead atoms. The van der Waals surface area contributed by atoms with Crippen LogP contribution < -0.4 is 10.5 Å². The van der Waals surface area contributed by atoms with Gasteiger partial charge >= 0.3 is 0 Å². The van der Waals surface area contributed by atoms with Crippen molar-refractivity contribution in [2.75, 3.05) is 10.5 Å². The third-order valence-electron chi connectivity index (χ3n) is 2.96. The first-order valence-corrected chi connectivity index (χ1v) is 7.81. The van der Waals surface area contributed by atoms with Gasteiger partial charge in [-0.25, -0.2) is 8.42 Å². The molecule has 0 radical (unpaired) electrons. The molecule has 2 aromatic rings. The first kappa shape index (κ1) is 14.7. The van der Waals surface area contributed by atoms with E-state index in [2.05, 4.69) is 4.72 Å². The number of nitrogen functional groups attached to an aromatic ring is 1. The highest BCUT2D eigenvalue weighted by atomic mass is 35.5. The second-order valence-electron chi connectivity index (χ2n) is 4.59. The summed E-state index contributed by atoms with van der Waals surface area (Å²) in [6.45, 7) is 3.58. The molecule has 6 heteroatoms. The van der Waals surface area contributed by atoms with Gasteiger partial charge in [0.15, 0.2) is 0 Å². The zero-order valence-corrected chi connectivity index (χ0v) is 12.7. The number of rotatable bonds is 3. The molecule has 20 heavy (non-hydrogen) atoms. The third kappa shape index (κ3) is 3.05. The summed E-state index contributed by atoms with van der Waals surface area (Å²) in [5.41, 5.74) is 8.13. The Labute approximate surface area is 123 Å². The predicted octanol–water partition coefficient (Wildman–Crippen LogP) is 3.34. The molecular weight excluding hydrogens is 296 g/mol. The number of sulfonamides is 1. The lowest BCUT2D eigenvalue weighted by atomic mass is 10.2. The Kier molecular flexibility index (Phi) is 3.92. The largest absolute Gasteiger partial charge is 0.398 e. The fourth-order valence-corrected chi connectivity index (χ4v) is 3.44. The number of aryl methyl sites for hydroxylation is 1. The van der Waals surface area contributed by atoms with Crippen molar-refractivity contribution in [1.29, 1.82) is 0 Å². The zero-order chi connectivity index (χ0) is 14.9. The standard InChI is InChI=1S/C14H15ClN2O2S/c1-9-3-5-12(6-4-9)17-20(18,19)14-8-11(15)7-13(16)10(14)2/h3-8,17H,16H2,1-2H3. The fraction of sp³-hybridized carbons (Fsp3) is 0.143. The number of anilines is 2. The van der Waals surface area contributed by atoms with Crippen LogP contribution in [0.2, 0.25) is 5.02 Å². The summed E-state index contributed by atoms with van der Waals surface area (Å²) in [7, 11) is -3.72. The maximum atomic E-state index is 12.4. The molecule has 0 saturated heterocycles. The predicted molar refractivity (Wildman–Crippen MR) is 82.6 cm³/mol. The summed E-state index contributed by atoms with van der Waals surface area (Å²) in [5, 5.41) is 0.289. The molecule has 0 spiro atoms. The van der Waals surface area contributed by atoms with Gasteiger partial charge in [0.05, 0.1) is 4.90 Å². The second-order valence-corrected chi connectivity index (χ2v) is 6.68. The van der Waals surface area contributed by atoms with Crippen LogP contribution in [-0.4, -0.2) is 8.42 Å². The summed E-state index contributed by atoms with van der Waals surface area (Å²) in [6.07, 6.45) is 0. The SMILES string of the molecule is Cc1ccc(NS(=O)(=O)c2cc(Cl)cc(N)c2C)cc1. The highest BCUT2D eigenvalue weighted by Crippen LogP contribution is 2.27. The van der Waals surface area contributed by atoms with E-state index in [1.54, 1.807) is 19.1 Å². The van der Waals surface area contributed by atoms with Crippen molar-refractivity contribution in [2.24, 2.45) is 0 Å². The summed E-state index contributed by atoms with van der Waals surface area (Å²) in [5.74, 6) is 0. The van der Waals surface area contributed by atoms with Crippen molar-refractivity contribution in [3.8, 4) is 0 Å². The molecule has 2 rings (SSSR count). The number of halogens is 1. The monoisotopic (exact) mass is 310 g/mol. The van der Waals surface area contributed by atoms with Crippen LogP contribution in [0.3, 0.4) is 0 Å². The average molecular weight is 311 g/mol. The lowest BCUT2D eigenvalue weighted by Gasteiger charge is -2.12. The van der Waals surface area contributed by atoms with E-state index in [0.29, 0.717) is 16.9 Å². The van der Waals surface area contributed by atoms with Gasteiger partial charge in [-0.05, 0) is 43.7 Å². The Morgan fingerprint density at radius 1 is 1.10 bits per heavy atom. The van der Waals surface area contributed by atoms with E-state index in [-0.39, 0.29) is 9.92 Å². The van der Waals surface area contributed by atoms with Gasteiger partial charge < -0.3 is 5.73 Å². The van der Waals surface area contributed by atoms with E-state index in [1.165, 1.54) is 12.1 Å². The Bertz CT molecular complexity index is 741. The molecule has 2 aromatic carbocycles. The molecule has 0 unspecified atom stereocenters. The Morgan fingerprint density at radius 3 is 2.30 bits per heavy atom. The van der Waals surface area contributed by atoms with Gasteiger partial charge in [-0.15, -0.1) is 0 Å². The normalized spacial score (nSPS) is 11.3. The molecular formula is C14H15ClN2O2S. The van der Waals surface area contributed by atoms with Crippen molar-refractivity contribution in [3.63, 3.8) is 0 Å². The van der Waals surface area contributed by atoms with Crippen LogP contribution >= 0.6 is 11.6 Å². The number of nitrogens with one attached hydrogen (secondary N) is 1. The van der Waals surface area contributed by atoms with E-state index >= 15 is 0 Å². The highest BCUT2D eigenvalue weighted by molar-refractivity contribution is 7.92. The maximum Gasteiger partial charge on any atom is 0.262 e. The molecule has 3 N–H and O–H groups in total. The van der Waals surface area contributed by atoms with Crippen LogP contribution in [-0.2, 0) is 10.0 Å². The molecule has 0 aliphatic carbocycles. The van der Waals surface area contributed by atoms with Gasteiger partial charge in [0.1, 0.15) is 0 Å². The lowest BCUT2D eigenvalue weighted by molar-refractivity contribution is 0.600. The maximum absolute atomic E-state index is 12.4. The van der Waals surface area contributed by atoms with E-state index in [1.807, 2.05) is 19.1 Å². The van der Waals surface area contributed by atoms with Crippen molar-refractivity contribution in [2.45, 2.75) is 18.7 Å². The van der Waals surface area contributed by atoms with Crippen LogP contribution in [0.4, 0.5) is 11.4 Å². The Balaban J connectivity index is 2.43. The number of nitrogens with two attached hydrogens (primary N) is 1. The summed E-state index contributed by atoms with van der Waals surface area (Å²) >= 11 is 5.88. The minimum atomic E-state index is -3.72. The topological polar surface area (TPSA) is 72.2 Å². The quantitative estimate of drug-likeness (QED) is 0.854. The first-order chi connectivity index (χ1) is 9.29. The number of hydrogen-bond acceptors (Lipinski definition) is 3. The molecule has 0 amide bonds. The average Bonchev–Trinajstić information content (AvgIpc) is 2.36. The van der Waals surface area contributed by atoms with Crippen molar-refractivity contribution < 1.29 is 8.42 Å². The number of benzene rings is 2. The van der Waals surface area contributed by atoms with E-state index < -0.39 is 10.0 Å². The molecule has 0 fully saturated rings. The van der Waals surface area contributed by atoms with Gasteiger partial charge in [-0.2, -0.15) is 0 Å². The first-order valence-electron chi connectivity index (χ1n) is 5.95. The van der Waals surface area contributed by atoms with E-state index in [4.69, 9.17) is 17.3 Å². The zero-order valence-electron chi connectivity index (χ0n) is 11.1. The molecule has 0 aromatic heterocycles. The molecule has 0 aliphatic heterocycles. The van der Waals surface area contributed by atoms with Gasteiger partial charge in [0, 0.05) is 16.4 Å². The summed E-state index contributed by atoms with van der Waals surface area (Å²) in [6, 6.07) is 9.99. The van der Waals surface area contributed by atoms with E-state index in [9.17, 15) is 8.42 Å². The van der Waals surface area contributed by atoms with Crippen LogP contribution in [0.15, 0.2) is 41.3 Å². The molecule has 0 aliphatic rings. The summed E-state index contributed by atoms with van der Waals surface area (Å²) in [4.78, 5) is 0.0862. The van der Waals surface area contributed by atoms with Crippen LogP contribution in [0.5, 0.6) is 0 Å². The lowest BCUT2D eigenvalue weighted by Crippen LogP contribution is -2.15. The number of hydrogen-bond donors (Lipinski definition) is 2. The minimum Gasteiger partial charge on any atom is -0.398 e. The van der Waals surface area contributed by atoms with Gasteiger partial charge in [0.2, 0.25) is 0 Å². The highest BCUT2D eigenvalue weighted by Gasteiger charge is 2.19. The fourth-order valence-electron chi connectivity index (χ4n) is 1.79. The smallest absolute Gasteiger partial charge is 0.262 e. The van der Waals surface area contributed by atoms with Crippen molar-refractivity contribution >= 4 is 33.0 Å². The van der Waals surface area contributed by atoms with Crippen LogP contribution in [0, 0.1) is 13.8 Å². The van der Waals surface area contributed by atoms with Crippen LogP contribution in [0.1, 0.15) is 11.1 Å².